The molecule has 1 fully saturated rings. The second-order valence-corrected chi connectivity index (χ2v) is 8.30. The molecular formula is C25H31N3O4. The maximum absolute atomic E-state index is 12.7. The van der Waals surface area contributed by atoms with Gasteiger partial charge in [-0.3, -0.25) is 14.5 Å². The molecule has 0 aliphatic carbocycles. The molecule has 7 heteroatoms. The molecule has 7 nitrogen and oxygen atoms in total. The van der Waals surface area contributed by atoms with Crippen molar-refractivity contribution in [3.63, 3.8) is 0 Å². The second kappa shape index (κ2) is 10.0. The van der Waals surface area contributed by atoms with Crippen LogP contribution in [0.15, 0.2) is 48.5 Å². The number of nitrogens with zero attached hydrogens (tertiary/aromatic N) is 2. The predicted molar refractivity (Wildman–Crippen MR) is 123 cm³/mol. The van der Waals surface area contributed by atoms with Crippen molar-refractivity contribution < 1.29 is 19.1 Å². The topological polar surface area (TPSA) is 71.1 Å². The number of benzene rings is 2. The van der Waals surface area contributed by atoms with Gasteiger partial charge in [-0.05, 0) is 62.7 Å². The van der Waals surface area contributed by atoms with Crippen LogP contribution in [0.25, 0.3) is 0 Å². The SMILES string of the molecule is COc1ccc([C@H](CNC(=O)CCN2C(=O)[C@H](C)Oc3ccccc32)N2CCCC2)cc1. The lowest BCUT2D eigenvalue weighted by Crippen LogP contribution is -2.46. The van der Waals surface area contributed by atoms with Crippen LogP contribution in [0.1, 0.15) is 37.8 Å². The lowest BCUT2D eigenvalue weighted by Gasteiger charge is -2.33. The van der Waals surface area contributed by atoms with Gasteiger partial charge in [0.15, 0.2) is 6.10 Å². The number of carbonyl (C=O) groups excluding carboxylic acids is 2. The summed E-state index contributed by atoms with van der Waals surface area (Å²) in [5.41, 5.74) is 1.88. The fraction of sp³-hybridized carbons (Fsp3) is 0.440. The molecule has 1 saturated heterocycles. The van der Waals surface area contributed by atoms with Crippen molar-refractivity contribution in [1.82, 2.24) is 10.2 Å². The first-order chi connectivity index (χ1) is 15.6. The predicted octanol–water partition coefficient (Wildman–Crippen LogP) is 3.15. The Hall–Kier alpha value is -3.06. The molecule has 2 heterocycles. The summed E-state index contributed by atoms with van der Waals surface area (Å²) >= 11 is 0. The number of ether oxygens (including phenoxy) is 2. The van der Waals surface area contributed by atoms with Gasteiger partial charge in [0, 0.05) is 19.5 Å². The van der Waals surface area contributed by atoms with Crippen LogP contribution < -0.4 is 19.7 Å². The highest BCUT2D eigenvalue weighted by Gasteiger charge is 2.31. The van der Waals surface area contributed by atoms with E-state index >= 15 is 0 Å². The maximum atomic E-state index is 12.7. The van der Waals surface area contributed by atoms with Gasteiger partial charge in [-0.15, -0.1) is 0 Å². The maximum Gasteiger partial charge on any atom is 0.267 e. The first-order valence-electron chi connectivity index (χ1n) is 11.3. The van der Waals surface area contributed by atoms with Gasteiger partial charge in [-0.1, -0.05) is 24.3 Å². The Morgan fingerprint density at radius 2 is 1.88 bits per heavy atom. The Labute approximate surface area is 189 Å². The van der Waals surface area contributed by atoms with Crippen molar-refractivity contribution in [3.05, 3.63) is 54.1 Å². The molecule has 2 atom stereocenters. The van der Waals surface area contributed by atoms with E-state index in [9.17, 15) is 9.59 Å². The Balaban J connectivity index is 1.38. The Morgan fingerprint density at radius 3 is 2.59 bits per heavy atom. The number of hydrogen-bond donors (Lipinski definition) is 1. The smallest absolute Gasteiger partial charge is 0.267 e. The van der Waals surface area contributed by atoms with Crippen molar-refractivity contribution in [2.45, 2.75) is 38.3 Å². The number of carbonyl (C=O) groups is 2. The summed E-state index contributed by atoms with van der Waals surface area (Å²) in [6.45, 7) is 4.66. The third-order valence-corrected chi connectivity index (χ3v) is 6.21. The minimum Gasteiger partial charge on any atom is -0.497 e. The van der Waals surface area contributed by atoms with Gasteiger partial charge in [-0.2, -0.15) is 0 Å². The van der Waals surface area contributed by atoms with E-state index in [1.54, 1.807) is 18.9 Å². The molecule has 0 spiro atoms. The van der Waals surface area contributed by atoms with E-state index in [4.69, 9.17) is 9.47 Å². The average Bonchev–Trinajstić information content (AvgIpc) is 3.34. The number of methoxy groups -OCH3 is 1. The third kappa shape index (κ3) is 4.88. The molecule has 4 rings (SSSR count). The molecule has 0 bridgehead atoms. The average molecular weight is 438 g/mol. The molecule has 0 radical (unpaired) electrons. The monoisotopic (exact) mass is 437 g/mol. The largest absolute Gasteiger partial charge is 0.497 e. The number of para-hydroxylation sites is 2. The number of nitrogens with one attached hydrogen (secondary N) is 1. The van der Waals surface area contributed by atoms with Crippen LogP contribution in [0.3, 0.4) is 0 Å². The molecule has 32 heavy (non-hydrogen) atoms. The van der Waals surface area contributed by atoms with Crippen molar-refractivity contribution in [2.75, 3.05) is 38.2 Å². The minimum atomic E-state index is -0.553. The highest BCUT2D eigenvalue weighted by molar-refractivity contribution is 6.00. The fourth-order valence-electron chi connectivity index (χ4n) is 4.44. The lowest BCUT2D eigenvalue weighted by atomic mass is 10.1. The van der Waals surface area contributed by atoms with E-state index in [1.165, 1.54) is 18.4 Å². The van der Waals surface area contributed by atoms with Crippen molar-refractivity contribution >= 4 is 17.5 Å². The number of fused-ring (bicyclic) bond motifs is 1. The zero-order chi connectivity index (χ0) is 22.5. The van der Waals surface area contributed by atoms with E-state index in [1.807, 2.05) is 36.4 Å². The lowest BCUT2D eigenvalue weighted by molar-refractivity contribution is -0.125. The van der Waals surface area contributed by atoms with E-state index in [0.29, 0.717) is 18.8 Å². The van der Waals surface area contributed by atoms with Crippen LogP contribution in [0.2, 0.25) is 0 Å². The summed E-state index contributed by atoms with van der Waals surface area (Å²) in [5.74, 6) is 1.31. The van der Waals surface area contributed by atoms with Crippen LogP contribution in [-0.2, 0) is 9.59 Å². The molecule has 2 aliphatic rings. The number of likely N-dealkylation sites (tertiary alicyclic amines) is 1. The van der Waals surface area contributed by atoms with Gasteiger partial charge >= 0.3 is 0 Å². The number of amides is 2. The van der Waals surface area contributed by atoms with Crippen LogP contribution in [0.4, 0.5) is 5.69 Å². The zero-order valence-electron chi connectivity index (χ0n) is 18.8. The van der Waals surface area contributed by atoms with E-state index < -0.39 is 6.10 Å². The number of hydrogen-bond acceptors (Lipinski definition) is 5. The molecule has 0 aromatic heterocycles. The van der Waals surface area contributed by atoms with Crippen LogP contribution in [0, 0.1) is 0 Å². The molecule has 2 aromatic carbocycles. The van der Waals surface area contributed by atoms with Crippen LogP contribution in [-0.4, -0.2) is 56.1 Å². The van der Waals surface area contributed by atoms with E-state index in [0.717, 1.165) is 24.5 Å². The zero-order valence-corrected chi connectivity index (χ0v) is 18.8. The summed E-state index contributed by atoms with van der Waals surface area (Å²) in [6, 6.07) is 15.6. The van der Waals surface area contributed by atoms with Gasteiger partial charge < -0.3 is 19.7 Å². The minimum absolute atomic E-state index is 0.0628. The summed E-state index contributed by atoms with van der Waals surface area (Å²) < 4.78 is 11.0. The standard InChI is InChI=1S/C25H31N3O4/c1-18-25(30)28(21-7-3-4-8-23(21)32-18)16-13-24(29)26-17-22(27-14-5-6-15-27)19-9-11-20(31-2)12-10-19/h3-4,7-12,18,22H,5-6,13-17H2,1-2H3,(H,26,29)/t18-,22-/m0/s1. The van der Waals surface area contributed by atoms with Gasteiger partial charge in [0.2, 0.25) is 5.91 Å². The number of rotatable bonds is 8. The summed E-state index contributed by atoms with van der Waals surface area (Å²) in [5, 5.41) is 3.10. The van der Waals surface area contributed by atoms with Gasteiger partial charge in [0.25, 0.3) is 5.91 Å². The molecule has 2 amide bonds. The third-order valence-electron chi connectivity index (χ3n) is 6.21. The van der Waals surface area contributed by atoms with Gasteiger partial charge in [-0.25, -0.2) is 0 Å². The highest BCUT2D eigenvalue weighted by atomic mass is 16.5. The summed E-state index contributed by atoms with van der Waals surface area (Å²) in [7, 11) is 1.66. The normalized spacial score (nSPS) is 19.2. The van der Waals surface area contributed by atoms with Crippen molar-refractivity contribution in [3.8, 4) is 11.5 Å². The van der Waals surface area contributed by atoms with Crippen LogP contribution >= 0.6 is 0 Å². The van der Waals surface area contributed by atoms with Gasteiger partial charge in [0.05, 0.1) is 18.8 Å². The Kier molecular flexibility index (Phi) is 6.95. The Bertz CT molecular complexity index is 940. The highest BCUT2D eigenvalue weighted by Crippen LogP contribution is 2.33. The van der Waals surface area contributed by atoms with E-state index in [-0.39, 0.29) is 24.3 Å². The first kappa shape index (κ1) is 22.1. The second-order valence-electron chi connectivity index (χ2n) is 8.30. The molecule has 0 unspecified atom stereocenters. The molecule has 2 aliphatic heterocycles. The molecular weight excluding hydrogens is 406 g/mol. The number of anilines is 1. The van der Waals surface area contributed by atoms with Crippen LogP contribution in [0.5, 0.6) is 11.5 Å². The summed E-state index contributed by atoms with van der Waals surface area (Å²) in [4.78, 5) is 29.4. The van der Waals surface area contributed by atoms with Crippen molar-refractivity contribution in [1.29, 1.82) is 0 Å². The van der Waals surface area contributed by atoms with Gasteiger partial charge in [0.1, 0.15) is 11.5 Å². The molecule has 170 valence electrons. The first-order valence-corrected chi connectivity index (χ1v) is 11.3. The molecule has 0 saturated carbocycles. The fourth-order valence-corrected chi connectivity index (χ4v) is 4.44. The molecule has 1 N–H and O–H groups in total. The molecule has 2 aromatic rings. The van der Waals surface area contributed by atoms with Crippen molar-refractivity contribution in [2.24, 2.45) is 0 Å². The van der Waals surface area contributed by atoms with E-state index in [2.05, 4.69) is 22.3 Å². The quantitative estimate of drug-likeness (QED) is 0.687. The Morgan fingerprint density at radius 1 is 1.16 bits per heavy atom. The summed E-state index contributed by atoms with van der Waals surface area (Å²) in [6.07, 6.45) is 2.04.